The van der Waals surface area contributed by atoms with Gasteiger partial charge in [0, 0.05) is 57.5 Å². The number of hydrogen-bond acceptors (Lipinski definition) is 6. The SMILES string of the molecule is Cc1ccc(S(=O)(=O)N2CCN(CCNC(=O)/C=C\c3ccc([N+](=O)[O-])cc3)CC2)cc1. The number of benzene rings is 2. The van der Waals surface area contributed by atoms with E-state index in [1.54, 1.807) is 42.5 Å². The van der Waals surface area contributed by atoms with Gasteiger partial charge in [-0.2, -0.15) is 4.31 Å². The van der Waals surface area contributed by atoms with Crippen LogP contribution < -0.4 is 5.32 Å². The number of sulfonamides is 1. The third-order valence-corrected chi connectivity index (χ3v) is 7.16. The molecule has 2 aromatic carbocycles. The summed E-state index contributed by atoms with van der Waals surface area (Å²) in [6.07, 6.45) is 2.97. The molecule has 1 N–H and O–H groups in total. The van der Waals surface area contributed by atoms with Gasteiger partial charge in [0.15, 0.2) is 0 Å². The Morgan fingerprint density at radius 2 is 1.69 bits per heavy atom. The first-order chi connectivity index (χ1) is 15.3. The van der Waals surface area contributed by atoms with Crippen molar-refractivity contribution in [2.75, 3.05) is 39.3 Å². The Labute approximate surface area is 187 Å². The first-order valence-electron chi connectivity index (χ1n) is 10.3. The van der Waals surface area contributed by atoms with Crippen molar-refractivity contribution < 1.29 is 18.1 Å². The van der Waals surface area contributed by atoms with Crippen molar-refractivity contribution >= 4 is 27.7 Å². The van der Waals surface area contributed by atoms with E-state index in [-0.39, 0.29) is 11.6 Å². The fourth-order valence-electron chi connectivity index (χ4n) is 3.33. The number of carbonyl (C=O) groups is 1. The van der Waals surface area contributed by atoms with Crippen LogP contribution in [0.3, 0.4) is 0 Å². The molecule has 1 amide bonds. The maximum absolute atomic E-state index is 12.8. The highest BCUT2D eigenvalue weighted by Crippen LogP contribution is 2.18. The van der Waals surface area contributed by atoms with Crippen molar-refractivity contribution in [1.29, 1.82) is 0 Å². The Kier molecular flexibility index (Phi) is 7.73. The van der Waals surface area contributed by atoms with Crippen LogP contribution in [0.4, 0.5) is 5.69 Å². The lowest BCUT2D eigenvalue weighted by Crippen LogP contribution is -2.50. The second-order valence-electron chi connectivity index (χ2n) is 7.53. The van der Waals surface area contributed by atoms with E-state index in [1.165, 1.54) is 22.5 Å². The van der Waals surface area contributed by atoms with Crippen LogP contribution in [0.1, 0.15) is 11.1 Å². The van der Waals surface area contributed by atoms with Crippen LogP contribution in [0.15, 0.2) is 59.5 Å². The number of aryl methyl sites for hydroxylation is 1. The Morgan fingerprint density at radius 1 is 1.06 bits per heavy atom. The molecule has 3 rings (SSSR count). The molecule has 1 fully saturated rings. The quantitative estimate of drug-likeness (QED) is 0.368. The first-order valence-corrected chi connectivity index (χ1v) is 11.7. The maximum Gasteiger partial charge on any atom is 0.269 e. The average Bonchev–Trinajstić information content (AvgIpc) is 2.78. The van der Waals surface area contributed by atoms with E-state index in [1.807, 2.05) is 6.92 Å². The molecule has 2 aromatic rings. The van der Waals surface area contributed by atoms with Gasteiger partial charge in [-0.1, -0.05) is 17.7 Å². The summed E-state index contributed by atoms with van der Waals surface area (Å²) < 4.78 is 27.0. The molecule has 9 nitrogen and oxygen atoms in total. The van der Waals surface area contributed by atoms with E-state index >= 15 is 0 Å². The molecule has 32 heavy (non-hydrogen) atoms. The minimum Gasteiger partial charge on any atom is -0.351 e. The van der Waals surface area contributed by atoms with Crippen LogP contribution in [0.2, 0.25) is 0 Å². The number of nitrogens with zero attached hydrogens (tertiary/aromatic N) is 3. The summed E-state index contributed by atoms with van der Waals surface area (Å²) in [5, 5.41) is 13.5. The van der Waals surface area contributed by atoms with Crippen LogP contribution in [0, 0.1) is 17.0 Å². The highest BCUT2D eigenvalue weighted by molar-refractivity contribution is 7.89. The predicted octanol–water partition coefficient (Wildman–Crippen LogP) is 2.04. The highest BCUT2D eigenvalue weighted by Gasteiger charge is 2.28. The van der Waals surface area contributed by atoms with Gasteiger partial charge in [-0.15, -0.1) is 0 Å². The molecule has 0 saturated carbocycles. The summed E-state index contributed by atoms with van der Waals surface area (Å²) >= 11 is 0. The molecule has 0 aromatic heterocycles. The van der Waals surface area contributed by atoms with Crippen LogP contribution in [0.5, 0.6) is 0 Å². The smallest absolute Gasteiger partial charge is 0.269 e. The molecule has 170 valence electrons. The topological polar surface area (TPSA) is 113 Å². The van der Waals surface area contributed by atoms with Crippen molar-refractivity contribution in [1.82, 2.24) is 14.5 Å². The zero-order valence-corrected chi connectivity index (χ0v) is 18.6. The minimum atomic E-state index is -3.49. The second kappa shape index (κ2) is 10.5. The van der Waals surface area contributed by atoms with E-state index < -0.39 is 14.9 Å². The van der Waals surface area contributed by atoms with E-state index in [9.17, 15) is 23.3 Å². The van der Waals surface area contributed by atoms with Gasteiger partial charge >= 0.3 is 0 Å². The molecule has 10 heteroatoms. The number of non-ortho nitro benzene ring substituents is 1. The molecular formula is C22H26N4O5S. The van der Waals surface area contributed by atoms with Crippen LogP contribution in [-0.2, 0) is 14.8 Å². The van der Waals surface area contributed by atoms with E-state index in [2.05, 4.69) is 10.2 Å². The Hall–Kier alpha value is -3.08. The van der Waals surface area contributed by atoms with E-state index in [0.29, 0.717) is 49.7 Å². The summed E-state index contributed by atoms with van der Waals surface area (Å²) in [5.74, 6) is -0.260. The van der Waals surface area contributed by atoms with Crippen LogP contribution in [0.25, 0.3) is 6.08 Å². The molecule has 0 spiro atoms. The number of nitro groups is 1. The van der Waals surface area contributed by atoms with Crippen molar-refractivity contribution in [3.63, 3.8) is 0 Å². The van der Waals surface area contributed by atoms with Gasteiger partial charge in [0.25, 0.3) is 5.69 Å². The Balaban J connectivity index is 1.40. The van der Waals surface area contributed by atoms with Gasteiger partial charge in [-0.3, -0.25) is 19.8 Å². The number of amides is 1. The number of piperazine rings is 1. The zero-order chi connectivity index (χ0) is 23.1. The molecule has 0 unspecified atom stereocenters. The molecule has 1 saturated heterocycles. The lowest BCUT2D eigenvalue weighted by Gasteiger charge is -2.33. The third-order valence-electron chi connectivity index (χ3n) is 5.25. The Morgan fingerprint density at radius 3 is 2.28 bits per heavy atom. The van der Waals surface area contributed by atoms with Crippen LogP contribution in [-0.4, -0.2) is 67.7 Å². The van der Waals surface area contributed by atoms with Gasteiger partial charge in [0.05, 0.1) is 9.82 Å². The number of hydrogen-bond donors (Lipinski definition) is 1. The number of nitro benzene ring substituents is 1. The van der Waals surface area contributed by atoms with E-state index in [0.717, 1.165) is 5.56 Å². The third kappa shape index (κ3) is 6.22. The summed E-state index contributed by atoms with van der Waals surface area (Å²) in [6, 6.07) is 12.8. The van der Waals surface area contributed by atoms with Crippen molar-refractivity contribution in [3.8, 4) is 0 Å². The lowest BCUT2D eigenvalue weighted by molar-refractivity contribution is -0.384. The minimum absolute atomic E-state index is 0.00151. The van der Waals surface area contributed by atoms with Crippen molar-refractivity contribution in [3.05, 3.63) is 75.8 Å². The van der Waals surface area contributed by atoms with Crippen molar-refractivity contribution in [2.45, 2.75) is 11.8 Å². The fourth-order valence-corrected chi connectivity index (χ4v) is 4.75. The standard InChI is InChI=1S/C22H26N4O5S/c1-18-2-9-21(10-3-18)32(30,31)25-16-14-24(15-17-25)13-12-23-22(27)11-6-19-4-7-20(8-5-19)26(28)29/h2-11H,12-17H2,1H3,(H,23,27)/b11-6-. The van der Waals surface area contributed by atoms with Gasteiger partial charge in [0.1, 0.15) is 0 Å². The lowest BCUT2D eigenvalue weighted by atomic mass is 10.2. The average molecular weight is 459 g/mol. The predicted molar refractivity (Wildman–Crippen MR) is 122 cm³/mol. The van der Waals surface area contributed by atoms with Gasteiger partial charge in [0.2, 0.25) is 15.9 Å². The summed E-state index contributed by atoms with van der Waals surface area (Å²) in [6.45, 7) is 4.98. The summed E-state index contributed by atoms with van der Waals surface area (Å²) in [4.78, 5) is 24.6. The monoisotopic (exact) mass is 458 g/mol. The molecule has 1 heterocycles. The molecule has 0 radical (unpaired) electrons. The van der Waals surface area contributed by atoms with Crippen molar-refractivity contribution in [2.24, 2.45) is 0 Å². The summed E-state index contributed by atoms with van der Waals surface area (Å²) in [7, 11) is -3.49. The zero-order valence-electron chi connectivity index (χ0n) is 17.8. The van der Waals surface area contributed by atoms with Gasteiger partial charge in [-0.05, 0) is 42.8 Å². The first kappa shape index (κ1) is 23.6. The maximum atomic E-state index is 12.8. The molecule has 0 aliphatic carbocycles. The largest absolute Gasteiger partial charge is 0.351 e. The Bertz CT molecular complexity index is 1070. The molecular weight excluding hydrogens is 432 g/mol. The van der Waals surface area contributed by atoms with Gasteiger partial charge < -0.3 is 5.32 Å². The molecule has 1 aliphatic heterocycles. The van der Waals surface area contributed by atoms with Gasteiger partial charge in [-0.25, -0.2) is 8.42 Å². The fraction of sp³-hybridized carbons (Fsp3) is 0.318. The summed E-state index contributed by atoms with van der Waals surface area (Å²) in [5.41, 5.74) is 1.70. The molecule has 1 aliphatic rings. The normalized spacial score (nSPS) is 15.7. The number of carbonyl (C=O) groups excluding carboxylic acids is 1. The van der Waals surface area contributed by atoms with Crippen LogP contribution >= 0.6 is 0 Å². The number of rotatable bonds is 8. The number of nitrogens with one attached hydrogen (secondary N) is 1. The highest BCUT2D eigenvalue weighted by atomic mass is 32.2. The molecule has 0 atom stereocenters. The molecule has 0 bridgehead atoms. The second-order valence-corrected chi connectivity index (χ2v) is 9.47. The van der Waals surface area contributed by atoms with E-state index in [4.69, 9.17) is 0 Å².